The number of hydrogen-bond donors (Lipinski definition) is 2. The summed E-state index contributed by atoms with van der Waals surface area (Å²) in [6, 6.07) is 2.84. The lowest BCUT2D eigenvalue weighted by molar-refractivity contribution is -0.140. The second-order valence-corrected chi connectivity index (χ2v) is 4.21. The second-order valence-electron chi connectivity index (χ2n) is 4.21. The zero-order chi connectivity index (χ0) is 12.4. The monoisotopic (exact) mass is 241 g/mol. The van der Waals surface area contributed by atoms with Crippen LogP contribution in [0.1, 0.15) is 30.9 Å². The van der Waals surface area contributed by atoms with E-state index in [0.717, 1.165) is 25.0 Å². The van der Waals surface area contributed by atoms with Crippen LogP contribution in [-0.4, -0.2) is 17.1 Å². The summed E-state index contributed by atoms with van der Waals surface area (Å²) in [6.07, 6.45) is 2.05. The van der Waals surface area contributed by atoms with Crippen LogP contribution >= 0.6 is 0 Å². The summed E-state index contributed by atoms with van der Waals surface area (Å²) in [4.78, 5) is 10.9. The van der Waals surface area contributed by atoms with Crippen molar-refractivity contribution in [3.63, 3.8) is 0 Å². The van der Waals surface area contributed by atoms with E-state index in [4.69, 9.17) is 5.11 Å². The molecule has 17 heavy (non-hydrogen) atoms. The van der Waals surface area contributed by atoms with Gasteiger partial charge in [0.1, 0.15) is 6.04 Å². The lowest BCUT2D eigenvalue weighted by Crippen LogP contribution is -2.42. The minimum absolute atomic E-state index is 0.222. The van der Waals surface area contributed by atoms with Gasteiger partial charge in [-0.3, -0.25) is 10.1 Å². The minimum atomic E-state index is -0.905. The molecule has 0 aliphatic carbocycles. The summed E-state index contributed by atoms with van der Waals surface area (Å²) < 4.78 is 25.9. The number of nitrogens with one attached hydrogen (secondary N) is 1. The van der Waals surface area contributed by atoms with E-state index in [1.54, 1.807) is 0 Å². The third-order valence-electron chi connectivity index (χ3n) is 3.03. The standard InChI is InChI=1S/C12H13F2NO2/c13-8-5-4-7(6-9(8)14)10-2-1-3-11(15-10)12(16)17/h4-6,10-11,15H,1-3H2,(H,16,17). The van der Waals surface area contributed by atoms with E-state index in [1.165, 1.54) is 6.07 Å². The molecule has 5 heteroatoms. The van der Waals surface area contributed by atoms with E-state index >= 15 is 0 Å². The van der Waals surface area contributed by atoms with Crippen molar-refractivity contribution in [2.24, 2.45) is 0 Å². The molecule has 1 saturated heterocycles. The average Bonchev–Trinajstić information content (AvgIpc) is 2.33. The van der Waals surface area contributed by atoms with Gasteiger partial charge in [0, 0.05) is 6.04 Å². The van der Waals surface area contributed by atoms with E-state index in [0.29, 0.717) is 12.0 Å². The Kier molecular flexibility index (Phi) is 3.38. The molecule has 0 bridgehead atoms. The lowest BCUT2D eigenvalue weighted by atomic mass is 9.93. The van der Waals surface area contributed by atoms with Crippen LogP contribution in [0.15, 0.2) is 18.2 Å². The molecule has 0 aromatic heterocycles. The second kappa shape index (κ2) is 4.79. The molecule has 2 N–H and O–H groups in total. The van der Waals surface area contributed by atoms with Gasteiger partial charge in [0.05, 0.1) is 0 Å². The van der Waals surface area contributed by atoms with Gasteiger partial charge >= 0.3 is 5.97 Å². The fraction of sp³-hybridized carbons (Fsp3) is 0.417. The quantitative estimate of drug-likeness (QED) is 0.834. The smallest absolute Gasteiger partial charge is 0.320 e. The first-order valence-corrected chi connectivity index (χ1v) is 5.51. The zero-order valence-corrected chi connectivity index (χ0v) is 9.12. The van der Waals surface area contributed by atoms with Crippen molar-refractivity contribution in [3.05, 3.63) is 35.4 Å². The van der Waals surface area contributed by atoms with Gasteiger partial charge in [-0.1, -0.05) is 6.07 Å². The van der Waals surface area contributed by atoms with Crippen molar-refractivity contribution in [2.75, 3.05) is 0 Å². The normalized spacial score (nSPS) is 24.6. The highest BCUT2D eigenvalue weighted by atomic mass is 19.2. The van der Waals surface area contributed by atoms with E-state index in [1.807, 2.05) is 0 Å². The molecule has 1 aromatic carbocycles. The molecule has 0 amide bonds. The van der Waals surface area contributed by atoms with Crippen molar-refractivity contribution in [1.29, 1.82) is 0 Å². The van der Waals surface area contributed by atoms with Crippen molar-refractivity contribution in [2.45, 2.75) is 31.3 Å². The van der Waals surface area contributed by atoms with Crippen molar-refractivity contribution in [1.82, 2.24) is 5.32 Å². The topological polar surface area (TPSA) is 49.3 Å². The van der Waals surface area contributed by atoms with Crippen LogP contribution < -0.4 is 5.32 Å². The van der Waals surface area contributed by atoms with Crippen molar-refractivity contribution >= 4 is 5.97 Å². The maximum atomic E-state index is 13.1. The summed E-state index contributed by atoms with van der Waals surface area (Å²) in [7, 11) is 0. The van der Waals surface area contributed by atoms with Crippen LogP contribution in [-0.2, 0) is 4.79 Å². The Morgan fingerprint density at radius 3 is 2.71 bits per heavy atom. The zero-order valence-electron chi connectivity index (χ0n) is 9.12. The Balaban J connectivity index is 2.16. The Bertz CT molecular complexity index is 437. The first-order valence-electron chi connectivity index (χ1n) is 5.51. The largest absolute Gasteiger partial charge is 0.480 e. The van der Waals surface area contributed by atoms with Gasteiger partial charge in [0.25, 0.3) is 0 Å². The van der Waals surface area contributed by atoms with Gasteiger partial charge in [-0.05, 0) is 37.0 Å². The van der Waals surface area contributed by atoms with Crippen LogP contribution in [0, 0.1) is 11.6 Å². The van der Waals surface area contributed by atoms with E-state index in [9.17, 15) is 13.6 Å². The number of halogens is 2. The highest BCUT2D eigenvalue weighted by molar-refractivity contribution is 5.73. The third kappa shape index (κ3) is 2.61. The fourth-order valence-corrected chi connectivity index (χ4v) is 2.12. The molecule has 1 aliphatic rings. The third-order valence-corrected chi connectivity index (χ3v) is 3.03. The summed E-state index contributed by atoms with van der Waals surface area (Å²) >= 11 is 0. The highest BCUT2D eigenvalue weighted by Gasteiger charge is 2.27. The van der Waals surface area contributed by atoms with Gasteiger partial charge in [-0.15, -0.1) is 0 Å². The Morgan fingerprint density at radius 2 is 2.06 bits per heavy atom. The van der Waals surface area contributed by atoms with Gasteiger partial charge in [0.2, 0.25) is 0 Å². The number of benzene rings is 1. The number of rotatable bonds is 2. The number of carboxylic acid groups (broad SMARTS) is 1. The molecule has 1 aromatic rings. The highest BCUT2D eigenvalue weighted by Crippen LogP contribution is 2.26. The predicted octanol–water partition coefficient (Wildman–Crippen LogP) is 2.23. The van der Waals surface area contributed by atoms with Crippen molar-refractivity contribution in [3.8, 4) is 0 Å². The molecule has 1 heterocycles. The maximum Gasteiger partial charge on any atom is 0.320 e. The molecule has 0 radical (unpaired) electrons. The fourth-order valence-electron chi connectivity index (χ4n) is 2.12. The molecule has 2 atom stereocenters. The van der Waals surface area contributed by atoms with Crippen LogP contribution in [0.25, 0.3) is 0 Å². The molecule has 2 rings (SSSR count). The number of piperidine rings is 1. The van der Waals surface area contributed by atoms with Crippen molar-refractivity contribution < 1.29 is 18.7 Å². The van der Waals surface area contributed by atoms with E-state index in [-0.39, 0.29) is 6.04 Å². The first kappa shape index (κ1) is 12.0. The summed E-state index contributed by atoms with van der Waals surface area (Å²) in [5.74, 6) is -2.70. The van der Waals surface area contributed by atoms with Crippen LogP contribution in [0.2, 0.25) is 0 Å². The van der Waals surface area contributed by atoms with Gasteiger partial charge in [0.15, 0.2) is 11.6 Å². The van der Waals surface area contributed by atoms with E-state index < -0.39 is 23.6 Å². The molecule has 1 aliphatic heterocycles. The van der Waals surface area contributed by atoms with E-state index in [2.05, 4.69) is 5.32 Å². The average molecular weight is 241 g/mol. The molecule has 3 nitrogen and oxygen atoms in total. The SMILES string of the molecule is O=C(O)C1CCCC(c2ccc(F)c(F)c2)N1. The minimum Gasteiger partial charge on any atom is -0.480 e. The molecular weight excluding hydrogens is 228 g/mol. The maximum absolute atomic E-state index is 13.1. The molecular formula is C12H13F2NO2. The molecule has 0 saturated carbocycles. The van der Waals surface area contributed by atoms with Gasteiger partial charge < -0.3 is 5.11 Å². The Hall–Kier alpha value is -1.49. The van der Waals surface area contributed by atoms with Crippen LogP contribution in [0.3, 0.4) is 0 Å². The Labute approximate surface area is 97.5 Å². The Morgan fingerprint density at radius 1 is 1.29 bits per heavy atom. The van der Waals surface area contributed by atoms with Gasteiger partial charge in [-0.2, -0.15) is 0 Å². The molecule has 0 spiro atoms. The van der Waals surface area contributed by atoms with Crippen LogP contribution in [0.4, 0.5) is 8.78 Å². The number of carboxylic acids is 1. The molecule has 2 unspecified atom stereocenters. The molecule has 92 valence electrons. The number of carbonyl (C=O) groups is 1. The predicted molar refractivity (Wildman–Crippen MR) is 57.5 cm³/mol. The summed E-state index contributed by atoms with van der Waals surface area (Å²) in [5, 5.41) is 11.8. The van der Waals surface area contributed by atoms with Gasteiger partial charge in [-0.25, -0.2) is 8.78 Å². The molecule has 1 fully saturated rings. The lowest BCUT2D eigenvalue weighted by Gasteiger charge is -2.28. The van der Waals surface area contributed by atoms with Crippen LogP contribution in [0.5, 0.6) is 0 Å². The first-order chi connectivity index (χ1) is 8.08. The summed E-state index contributed by atoms with van der Waals surface area (Å²) in [5.41, 5.74) is 0.592. The number of aliphatic carboxylic acids is 1. The number of hydrogen-bond acceptors (Lipinski definition) is 2. The summed E-state index contributed by atoms with van der Waals surface area (Å²) in [6.45, 7) is 0.